The van der Waals surface area contributed by atoms with E-state index in [0.717, 1.165) is 12.8 Å². The molecule has 0 saturated carbocycles. The van der Waals surface area contributed by atoms with Crippen molar-refractivity contribution in [3.8, 4) is 6.07 Å². The van der Waals surface area contributed by atoms with Gasteiger partial charge in [0.15, 0.2) is 0 Å². The van der Waals surface area contributed by atoms with Gasteiger partial charge in [0.1, 0.15) is 0 Å². The van der Waals surface area contributed by atoms with Crippen molar-refractivity contribution in [3.63, 3.8) is 0 Å². The van der Waals surface area contributed by atoms with E-state index in [9.17, 15) is 0 Å². The maximum Gasteiger partial charge on any atom is 0.0686 e. The van der Waals surface area contributed by atoms with E-state index >= 15 is 0 Å². The van der Waals surface area contributed by atoms with Crippen molar-refractivity contribution in [1.82, 2.24) is 0 Å². The van der Waals surface area contributed by atoms with Crippen LogP contribution in [0.3, 0.4) is 0 Å². The first-order valence-corrected chi connectivity index (χ1v) is 5.45. The molecule has 0 aromatic carbocycles. The van der Waals surface area contributed by atoms with Gasteiger partial charge in [-0.2, -0.15) is 5.26 Å². The lowest BCUT2D eigenvalue weighted by Gasteiger charge is -2.21. The molecule has 0 aliphatic heterocycles. The number of unbranched alkanes of at least 4 members (excludes halogenated alkanes) is 1. The Morgan fingerprint density at radius 2 is 1.92 bits per heavy atom. The van der Waals surface area contributed by atoms with Crippen molar-refractivity contribution < 1.29 is 0 Å². The molecule has 1 nitrogen and oxygen atoms in total. The van der Waals surface area contributed by atoms with E-state index in [-0.39, 0.29) is 5.41 Å². The molecule has 0 spiro atoms. The Kier molecular flexibility index (Phi) is 5.79. The second-order valence-corrected chi connectivity index (χ2v) is 4.71. The average molecular weight is 181 g/mol. The second kappa shape index (κ2) is 6.02. The summed E-state index contributed by atoms with van der Waals surface area (Å²) in [5.41, 5.74) is -0.0692. The van der Waals surface area contributed by atoms with Gasteiger partial charge in [-0.25, -0.2) is 0 Å². The van der Waals surface area contributed by atoms with E-state index in [1.165, 1.54) is 19.3 Å². The van der Waals surface area contributed by atoms with Crippen LogP contribution in [0.1, 0.15) is 59.8 Å². The standard InChI is InChI=1S/C12H23N/c1-5-6-8-12(4,10-13)9-7-11(2)3/h11H,5-9H2,1-4H3. The molecule has 0 aromatic rings. The topological polar surface area (TPSA) is 23.8 Å². The molecule has 13 heavy (non-hydrogen) atoms. The molecule has 0 radical (unpaired) electrons. The predicted octanol–water partition coefficient (Wildman–Crippen LogP) is 4.14. The molecule has 0 fully saturated rings. The molecule has 0 bridgehead atoms. The van der Waals surface area contributed by atoms with Crippen LogP contribution in [0.2, 0.25) is 0 Å². The van der Waals surface area contributed by atoms with Crippen LogP contribution in [0.15, 0.2) is 0 Å². The minimum Gasteiger partial charge on any atom is -0.198 e. The zero-order chi connectivity index (χ0) is 10.3. The van der Waals surface area contributed by atoms with Gasteiger partial charge in [-0.3, -0.25) is 0 Å². The lowest BCUT2D eigenvalue weighted by atomic mass is 9.80. The van der Waals surface area contributed by atoms with Crippen molar-refractivity contribution in [2.75, 3.05) is 0 Å². The largest absolute Gasteiger partial charge is 0.198 e. The summed E-state index contributed by atoms with van der Waals surface area (Å²) in [6.07, 6.45) is 5.67. The van der Waals surface area contributed by atoms with Crippen LogP contribution in [0, 0.1) is 22.7 Å². The quantitative estimate of drug-likeness (QED) is 0.604. The first kappa shape index (κ1) is 12.5. The fraction of sp³-hybridized carbons (Fsp3) is 0.917. The molecule has 0 N–H and O–H groups in total. The van der Waals surface area contributed by atoms with Gasteiger partial charge in [-0.05, 0) is 32.1 Å². The van der Waals surface area contributed by atoms with Crippen molar-refractivity contribution in [3.05, 3.63) is 0 Å². The maximum absolute atomic E-state index is 9.07. The SMILES string of the molecule is CCCCC(C)(C#N)CCC(C)C. The van der Waals surface area contributed by atoms with Crippen LogP contribution in [-0.4, -0.2) is 0 Å². The van der Waals surface area contributed by atoms with E-state index in [0.29, 0.717) is 5.92 Å². The van der Waals surface area contributed by atoms with Crippen LogP contribution in [0.25, 0.3) is 0 Å². The van der Waals surface area contributed by atoms with E-state index in [1.54, 1.807) is 0 Å². The molecule has 0 amide bonds. The lowest BCUT2D eigenvalue weighted by molar-refractivity contribution is 0.328. The zero-order valence-corrected chi connectivity index (χ0v) is 9.56. The summed E-state index contributed by atoms with van der Waals surface area (Å²) < 4.78 is 0. The fourth-order valence-corrected chi connectivity index (χ4v) is 1.41. The monoisotopic (exact) mass is 181 g/mol. The molecule has 0 saturated heterocycles. The summed E-state index contributed by atoms with van der Waals surface area (Å²) in [6, 6.07) is 2.47. The Bertz CT molecular complexity index is 166. The highest BCUT2D eigenvalue weighted by Crippen LogP contribution is 2.30. The number of hydrogen-bond acceptors (Lipinski definition) is 1. The molecule has 1 atom stereocenters. The first-order valence-electron chi connectivity index (χ1n) is 5.45. The zero-order valence-electron chi connectivity index (χ0n) is 9.56. The number of rotatable bonds is 6. The summed E-state index contributed by atoms with van der Waals surface area (Å²) >= 11 is 0. The van der Waals surface area contributed by atoms with Crippen molar-refractivity contribution in [2.45, 2.75) is 59.8 Å². The van der Waals surface area contributed by atoms with E-state index in [2.05, 4.69) is 33.8 Å². The Labute approximate surface area is 83.1 Å². The van der Waals surface area contributed by atoms with Crippen molar-refractivity contribution >= 4 is 0 Å². The molecule has 76 valence electrons. The molecule has 0 rings (SSSR count). The summed E-state index contributed by atoms with van der Waals surface area (Å²) in [5, 5.41) is 9.07. The van der Waals surface area contributed by atoms with Crippen molar-refractivity contribution in [1.29, 1.82) is 5.26 Å². The Hall–Kier alpha value is -0.510. The highest BCUT2D eigenvalue weighted by molar-refractivity contribution is 4.95. The summed E-state index contributed by atoms with van der Waals surface area (Å²) in [5.74, 6) is 0.717. The highest BCUT2D eigenvalue weighted by atomic mass is 14.3. The van der Waals surface area contributed by atoms with Crippen LogP contribution in [-0.2, 0) is 0 Å². The molecule has 0 aliphatic carbocycles. The van der Waals surface area contributed by atoms with E-state index in [4.69, 9.17) is 5.26 Å². The minimum absolute atomic E-state index is 0.0692. The molecular weight excluding hydrogens is 158 g/mol. The highest BCUT2D eigenvalue weighted by Gasteiger charge is 2.22. The van der Waals surface area contributed by atoms with Crippen LogP contribution in [0.4, 0.5) is 0 Å². The van der Waals surface area contributed by atoms with Gasteiger partial charge in [0.2, 0.25) is 0 Å². The van der Waals surface area contributed by atoms with Gasteiger partial charge in [0.05, 0.1) is 11.5 Å². The molecule has 0 aromatic heterocycles. The summed E-state index contributed by atoms with van der Waals surface area (Å²) in [7, 11) is 0. The predicted molar refractivity (Wildman–Crippen MR) is 57.3 cm³/mol. The van der Waals surface area contributed by atoms with Gasteiger partial charge in [0, 0.05) is 0 Å². The molecule has 1 heteroatoms. The number of hydrogen-bond donors (Lipinski definition) is 0. The Morgan fingerprint density at radius 1 is 1.31 bits per heavy atom. The summed E-state index contributed by atoms with van der Waals surface area (Å²) in [6.45, 7) is 8.72. The van der Waals surface area contributed by atoms with Gasteiger partial charge in [-0.15, -0.1) is 0 Å². The molecule has 1 unspecified atom stereocenters. The van der Waals surface area contributed by atoms with Crippen LogP contribution >= 0.6 is 0 Å². The van der Waals surface area contributed by atoms with Gasteiger partial charge < -0.3 is 0 Å². The maximum atomic E-state index is 9.07. The molecular formula is C12H23N. The number of nitrogens with zero attached hydrogens (tertiary/aromatic N) is 1. The van der Waals surface area contributed by atoms with Gasteiger partial charge >= 0.3 is 0 Å². The first-order chi connectivity index (χ1) is 6.04. The second-order valence-electron chi connectivity index (χ2n) is 4.71. The fourth-order valence-electron chi connectivity index (χ4n) is 1.41. The smallest absolute Gasteiger partial charge is 0.0686 e. The third-order valence-corrected chi connectivity index (χ3v) is 2.63. The number of nitriles is 1. The van der Waals surface area contributed by atoms with Crippen LogP contribution in [0.5, 0.6) is 0 Å². The molecule has 0 aliphatic rings. The van der Waals surface area contributed by atoms with Gasteiger partial charge in [0.25, 0.3) is 0 Å². The normalized spacial score (nSPS) is 15.4. The third kappa shape index (κ3) is 5.69. The summed E-state index contributed by atoms with van der Waals surface area (Å²) in [4.78, 5) is 0. The van der Waals surface area contributed by atoms with Crippen molar-refractivity contribution in [2.24, 2.45) is 11.3 Å². The third-order valence-electron chi connectivity index (χ3n) is 2.63. The average Bonchev–Trinajstić information content (AvgIpc) is 2.11. The molecule has 0 heterocycles. The minimum atomic E-state index is -0.0692. The lowest BCUT2D eigenvalue weighted by Crippen LogP contribution is -2.14. The van der Waals surface area contributed by atoms with Crippen LogP contribution < -0.4 is 0 Å². The van der Waals surface area contributed by atoms with E-state index in [1.807, 2.05) is 0 Å². The Balaban J connectivity index is 3.90. The van der Waals surface area contributed by atoms with E-state index < -0.39 is 0 Å². The van der Waals surface area contributed by atoms with Gasteiger partial charge in [-0.1, -0.05) is 33.6 Å². The Morgan fingerprint density at radius 3 is 2.31 bits per heavy atom.